The molecule has 0 N–H and O–H groups in total. The largest absolute Gasteiger partial charge is 0.457 e. The molecule has 7 aromatic carbocycles. The van der Waals surface area contributed by atoms with Crippen LogP contribution in [0.15, 0.2) is 158 Å². The van der Waals surface area contributed by atoms with E-state index >= 15 is 0 Å². The topological polar surface area (TPSA) is 17.4 Å². The van der Waals surface area contributed by atoms with Crippen LogP contribution in [0.25, 0.3) is 38.3 Å². The fraction of sp³-hybridized carbons (Fsp3) is 0.0698. The maximum absolute atomic E-state index is 6.57. The third kappa shape index (κ3) is 3.98. The lowest BCUT2D eigenvalue weighted by atomic mass is 9.76. The second kappa shape index (κ2) is 10.1. The van der Waals surface area contributed by atoms with Gasteiger partial charge >= 0.3 is 0 Å². The standard InChI is InChI=1S/C43H32N2O/c1-43(2)36-19-11-12-20-40(36)46-41-28-33(22-24-37(41)43)44(30-14-5-3-6-15-30)32-23-26-38-35(27-32)42-34-18-10-9-13-29(34)21-25-39(42)45(38)31-16-7-4-8-17-31/h3-28H,1-2H3. The highest BCUT2D eigenvalue weighted by Crippen LogP contribution is 2.50. The first kappa shape index (κ1) is 26.6. The zero-order valence-electron chi connectivity index (χ0n) is 25.8. The Morgan fingerprint density at radius 2 is 1.15 bits per heavy atom. The molecule has 3 nitrogen and oxygen atoms in total. The van der Waals surface area contributed by atoms with E-state index in [0.717, 1.165) is 34.2 Å². The van der Waals surface area contributed by atoms with Crippen molar-refractivity contribution in [3.63, 3.8) is 0 Å². The normalized spacial score (nSPS) is 13.3. The van der Waals surface area contributed by atoms with Crippen LogP contribution in [0.5, 0.6) is 11.5 Å². The molecule has 0 amide bonds. The van der Waals surface area contributed by atoms with Gasteiger partial charge in [0.1, 0.15) is 11.5 Å². The highest BCUT2D eigenvalue weighted by molar-refractivity contribution is 6.22. The van der Waals surface area contributed by atoms with Gasteiger partial charge in [-0.3, -0.25) is 0 Å². The molecule has 0 aliphatic carbocycles. The van der Waals surface area contributed by atoms with Crippen LogP contribution < -0.4 is 9.64 Å². The average molecular weight is 593 g/mol. The summed E-state index contributed by atoms with van der Waals surface area (Å²) in [5.74, 6) is 1.82. The van der Waals surface area contributed by atoms with Crippen molar-refractivity contribution in [2.75, 3.05) is 4.90 Å². The summed E-state index contributed by atoms with van der Waals surface area (Å²) >= 11 is 0. The Labute approximate surface area is 268 Å². The van der Waals surface area contributed by atoms with Gasteiger partial charge in [-0.05, 0) is 71.4 Å². The quantitative estimate of drug-likeness (QED) is 0.202. The van der Waals surface area contributed by atoms with Gasteiger partial charge in [0, 0.05) is 56.1 Å². The Morgan fingerprint density at radius 3 is 2.00 bits per heavy atom. The molecule has 0 saturated carbocycles. The SMILES string of the molecule is CC1(C)c2ccccc2Oc2cc(N(c3ccccc3)c3ccc4c(c3)c3c5ccccc5ccc3n4-c3ccccc3)ccc21. The molecule has 2 heterocycles. The molecular weight excluding hydrogens is 560 g/mol. The maximum atomic E-state index is 6.57. The number of hydrogen-bond donors (Lipinski definition) is 0. The summed E-state index contributed by atoms with van der Waals surface area (Å²) in [7, 11) is 0. The molecule has 1 aromatic heterocycles. The molecule has 1 aliphatic rings. The number of nitrogens with zero attached hydrogens (tertiary/aromatic N) is 2. The monoisotopic (exact) mass is 592 g/mol. The van der Waals surface area contributed by atoms with Crippen LogP contribution in [0.4, 0.5) is 17.1 Å². The number of hydrogen-bond acceptors (Lipinski definition) is 2. The third-order valence-electron chi connectivity index (χ3n) is 9.60. The Bertz CT molecular complexity index is 2420. The molecule has 8 aromatic rings. The van der Waals surface area contributed by atoms with Gasteiger partial charge in [-0.1, -0.05) is 105 Å². The van der Waals surface area contributed by atoms with Crippen molar-refractivity contribution in [2.45, 2.75) is 19.3 Å². The van der Waals surface area contributed by atoms with Crippen LogP contribution >= 0.6 is 0 Å². The maximum Gasteiger partial charge on any atom is 0.133 e. The van der Waals surface area contributed by atoms with Crippen molar-refractivity contribution in [3.8, 4) is 17.2 Å². The van der Waals surface area contributed by atoms with E-state index in [1.54, 1.807) is 0 Å². The molecule has 0 unspecified atom stereocenters. The van der Waals surface area contributed by atoms with Gasteiger partial charge in [0.15, 0.2) is 0 Å². The van der Waals surface area contributed by atoms with Crippen molar-refractivity contribution >= 4 is 49.6 Å². The highest BCUT2D eigenvalue weighted by atomic mass is 16.5. The van der Waals surface area contributed by atoms with Crippen LogP contribution in [0.1, 0.15) is 25.0 Å². The van der Waals surface area contributed by atoms with Crippen molar-refractivity contribution in [1.82, 2.24) is 4.57 Å². The van der Waals surface area contributed by atoms with Crippen molar-refractivity contribution < 1.29 is 4.74 Å². The Morgan fingerprint density at radius 1 is 0.500 bits per heavy atom. The van der Waals surface area contributed by atoms with E-state index in [2.05, 4.69) is 175 Å². The van der Waals surface area contributed by atoms with Gasteiger partial charge in [-0.2, -0.15) is 0 Å². The van der Waals surface area contributed by atoms with E-state index in [4.69, 9.17) is 4.74 Å². The molecule has 0 fully saturated rings. The minimum atomic E-state index is -0.167. The van der Waals surface area contributed by atoms with E-state index in [9.17, 15) is 0 Å². The molecule has 3 heteroatoms. The summed E-state index contributed by atoms with van der Waals surface area (Å²) in [5.41, 5.74) is 9.00. The number of rotatable bonds is 4. The fourth-order valence-electron chi connectivity index (χ4n) is 7.38. The van der Waals surface area contributed by atoms with Gasteiger partial charge in [0.25, 0.3) is 0 Å². The average Bonchev–Trinajstić information content (AvgIpc) is 3.43. The minimum Gasteiger partial charge on any atom is -0.457 e. The molecule has 0 radical (unpaired) electrons. The van der Waals surface area contributed by atoms with Gasteiger partial charge in [0.2, 0.25) is 0 Å². The molecular formula is C43H32N2O. The molecule has 0 saturated heterocycles. The molecule has 9 rings (SSSR count). The first-order valence-electron chi connectivity index (χ1n) is 15.9. The van der Waals surface area contributed by atoms with Crippen molar-refractivity contribution in [3.05, 3.63) is 169 Å². The summed E-state index contributed by atoms with van der Waals surface area (Å²) in [5, 5.41) is 4.98. The lowest BCUT2D eigenvalue weighted by molar-refractivity contribution is 0.418. The van der Waals surface area contributed by atoms with Crippen LogP contribution in [0.3, 0.4) is 0 Å². The number of aromatic nitrogens is 1. The molecule has 0 bridgehead atoms. The third-order valence-corrected chi connectivity index (χ3v) is 9.60. The van der Waals surface area contributed by atoms with Gasteiger partial charge in [0.05, 0.1) is 11.0 Å². The van der Waals surface area contributed by atoms with Crippen LogP contribution in [0, 0.1) is 0 Å². The van der Waals surface area contributed by atoms with Gasteiger partial charge in [-0.25, -0.2) is 0 Å². The highest BCUT2D eigenvalue weighted by Gasteiger charge is 2.34. The van der Waals surface area contributed by atoms with Crippen molar-refractivity contribution in [1.29, 1.82) is 0 Å². The van der Waals surface area contributed by atoms with Crippen LogP contribution in [0.2, 0.25) is 0 Å². The second-order valence-corrected chi connectivity index (χ2v) is 12.6. The number of para-hydroxylation sites is 3. The Kier molecular flexibility index (Phi) is 5.85. The summed E-state index contributed by atoms with van der Waals surface area (Å²) in [6, 6.07) is 56.4. The zero-order valence-corrected chi connectivity index (χ0v) is 25.8. The first-order valence-corrected chi connectivity index (χ1v) is 15.9. The number of benzene rings is 7. The number of ether oxygens (including phenoxy) is 1. The summed E-state index contributed by atoms with van der Waals surface area (Å²) in [4.78, 5) is 2.34. The van der Waals surface area contributed by atoms with Gasteiger partial charge in [-0.15, -0.1) is 0 Å². The Hall–Kier alpha value is -5.80. The molecule has 220 valence electrons. The molecule has 46 heavy (non-hydrogen) atoms. The zero-order chi connectivity index (χ0) is 30.8. The molecule has 0 atom stereocenters. The van der Waals surface area contributed by atoms with E-state index in [-0.39, 0.29) is 5.41 Å². The minimum absolute atomic E-state index is 0.167. The Balaban J connectivity index is 1.29. The number of anilines is 3. The lowest BCUT2D eigenvalue weighted by Gasteiger charge is -2.35. The van der Waals surface area contributed by atoms with E-state index in [1.807, 2.05) is 6.07 Å². The summed E-state index contributed by atoms with van der Waals surface area (Å²) in [6.45, 7) is 4.56. The predicted molar refractivity (Wildman–Crippen MR) is 192 cm³/mol. The van der Waals surface area contributed by atoms with Crippen LogP contribution in [-0.4, -0.2) is 4.57 Å². The second-order valence-electron chi connectivity index (χ2n) is 12.6. The smallest absolute Gasteiger partial charge is 0.133 e. The van der Waals surface area contributed by atoms with E-state index in [1.165, 1.54) is 43.7 Å². The lowest BCUT2D eigenvalue weighted by Crippen LogP contribution is -2.24. The summed E-state index contributed by atoms with van der Waals surface area (Å²) < 4.78 is 8.96. The summed E-state index contributed by atoms with van der Waals surface area (Å²) in [6.07, 6.45) is 0. The van der Waals surface area contributed by atoms with Gasteiger partial charge < -0.3 is 14.2 Å². The fourth-order valence-corrected chi connectivity index (χ4v) is 7.38. The molecule has 1 aliphatic heterocycles. The predicted octanol–water partition coefficient (Wildman–Crippen LogP) is 11.8. The number of fused-ring (bicyclic) bond motifs is 7. The van der Waals surface area contributed by atoms with Crippen molar-refractivity contribution in [2.24, 2.45) is 0 Å². The van der Waals surface area contributed by atoms with E-state index < -0.39 is 0 Å². The van der Waals surface area contributed by atoms with E-state index in [0.29, 0.717) is 0 Å². The van der Waals surface area contributed by atoms with Crippen LogP contribution in [-0.2, 0) is 5.41 Å². The first-order chi connectivity index (χ1) is 22.6. The molecule has 0 spiro atoms.